The van der Waals surface area contributed by atoms with Gasteiger partial charge in [-0.25, -0.2) is 0 Å². The molecule has 0 aliphatic rings. The predicted molar refractivity (Wildman–Crippen MR) is 64.0 cm³/mol. The van der Waals surface area contributed by atoms with Crippen LogP contribution in [0.3, 0.4) is 0 Å². The van der Waals surface area contributed by atoms with E-state index in [9.17, 15) is 5.11 Å². The van der Waals surface area contributed by atoms with Gasteiger partial charge in [0.25, 0.3) is 0 Å². The average molecular weight is 224 g/mol. The molecule has 0 amide bonds. The molecule has 90 valence electrons. The van der Waals surface area contributed by atoms with Crippen LogP contribution in [-0.4, -0.2) is 18.8 Å². The van der Waals surface area contributed by atoms with Crippen molar-refractivity contribution in [1.29, 1.82) is 0 Å². The molecule has 1 aromatic rings. The molecule has 3 heteroatoms. The summed E-state index contributed by atoms with van der Waals surface area (Å²) in [5, 5.41) is 9.86. The number of hydrogen-bond donors (Lipinski definition) is 1. The third-order valence-electron chi connectivity index (χ3n) is 2.42. The fraction of sp³-hybridized carbons (Fsp3) is 0.538. The van der Waals surface area contributed by atoms with Crippen LogP contribution >= 0.6 is 0 Å². The topological polar surface area (TPSA) is 38.7 Å². The molecule has 0 saturated carbocycles. The largest absolute Gasteiger partial charge is 0.496 e. The van der Waals surface area contributed by atoms with Crippen molar-refractivity contribution in [3.05, 3.63) is 23.8 Å². The number of hydrogen-bond acceptors (Lipinski definition) is 3. The lowest BCUT2D eigenvalue weighted by Crippen LogP contribution is -2.01. The average Bonchev–Trinajstić information content (AvgIpc) is 2.35. The van der Waals surface area contributed by atoms with Crippen LogP contribution in [-0.2, 0) is 0 Å². The number of benzene rings is 1. The van der Waals surface area contributed by atoms with Crippen molar-refractivity contribution in [3.63, 3.8) is 0 Å². The monoisotopic (exact) mass is 224 g/mol. The fourth-order valence-corrected chi connectivity index (χ4v) is 1.50. The van der Waals surface area contributed by atoms with E-state index < -0.39 is 6.10 Å². The highest BCUT2D eigenvalue weighted by Gasteiger charge is 2.12. The summed E-state index contributed by atoms with van der Waals surface area (Å²) < 4.78 is 10.7. The molecule has 3 nitrogen and oxygen atoms in total. The normalized spacial score (nSPS) is 12.2. The van der Waals surface area contributed by atoms with Gasteiger partial charge in [0, 0.05) is 5.56 Å². The first-order chi connectivity index (χ1) is 7.72. The van der Waals surface area contributed by atoms with E-state index >= 15 is 0 Å². The second-order valence-corrected chi connectivity index (χ2v) is 3.68. The lowest BCUT2D eigenvalue weighted by atomic mass is 10.1. The molecule has 1 N–H and O–H groups in total. The van der Waals surface area contributed by atoms with Gasteiger partial charge >= 0.3 is 0 Å². The quantitative estimate of drug-likeness (QED) is 0.807. The molecule has 1 unspecified atom stereocenters. The Morgan fingerprint density at radius 3 is 2.62 bits per heavy atom. The summed E-state index contributed by atoms with van der Waals surface area (Å²) in [5.41, 5.74) is 0.790. The maximum atomic E-state index is 9.86. The van der Waals surface area contributed by atoms with Gasteiger partial charge in [0.05, 0.1) is 19.8 Å². The second-order valence-electron chi connectivity index (χ2n) is 3.68. The molecular weight excluding hydrogens is 204 g/mol. The van der Waals surface area contributed by atoms with E-state index in [-0.39, 0.29) is 0 Å². The summed E-state index contributed by atoms with van der Waals surface area (Å²) in [4.78, 5) is 0. The number of ether oxygens (including phenoxy) is 2. The predicted octanol–water partition coefficient (Wildman–Crippen LogP) is 2.93. The molecule has 0 saturated heterocycles. The molecule has 1 aromatic carbocycles. The van der Waals surface area contributed by atoms with Crippen LogP contribution in [0.4, 0.5) is 0 Å². The highest BCUT2D eigenvalue weighted by Crippen LogP contribution is 2.30. The summed E-state index contributed by atoms with van der Waals surface area (Å²) >= 11 is 0. The van der Waals surface area contributed by atoms with Gasteiger partial charge in [0.1, 0.15) is 11.5 Å². The van der Waals surface area contributed by atoms with Gasteiger partial charge < -0.3 is 14.6 Å². The highest BCUT2D eigenvalue weighted by molar-refractivity contribution is 5.41. The zero-order chi connectivity index (χ0) is 12.0. The maximum Gasteiger partial charge on any atom is 0.124 e. The Morgan fingerprint density at radius 2 is 2.06 bits per heavy atom. The number of aliphatic hydroxyl groups excluding tert-OH is 1. The van der Waals surface area contributed by atoms with Crippen molar-refractivity contribution in [1.82, 2.24) is 0 Å². The third kappa shape index (κ3) is 3.14. The highest BCUT2D eigenvalue weighted by atomic mass is 16.5. The maximum absolute atomic E-state index is 9.86. The number of aliphatic hydroxyl groups is 1. The minimum atomic E-state index is -0.500. The van der Waals surface area contributed by atoms with E-state index in [1.54, 1.807) is 7.11 Å². The fourth-order valence-electron chi connectivity index (χ4n) is 1.50. The van der Waals surface area contributed by atoms with Crippen LogP contribution in [0.1, 0.15) is 38.4 Å². The summed E-state index contributed by atoms with van der Waals surface area (Å²) in [5.74, 6) is 1.49. The van der Waals surface area contributed by atoms with Gasteiger partial charge in [-0.1, -0.05) is 13.8 Å². The van der Waals surface area contributed by atoms with Gasteiger partial charge in [-0.2, -0.15) is 0 Å². The Hall–Kier alpha value is -1.22. The van der Waals surface area contributed by atoms with Crippen LogP contribution in [0.2, 0.25) is 0 Å². The SMILES string of the molecule is CCCOc1ccc(OC)c(C(O)CC)c1. The molecule has 0 aliphatic heterocycles. The summed E-state index contributed by atoms with van der Waals surface area (Å²) in [6, 6.07) is 5.54. The Balaban J connectivity index is 2.92. The smallest absolute Gasteiger partial charge is 0.124 e. The first-order valence-electron chi connectivity index (χ1n) is 5.71. The Kier molecular flexibility index (Phi) is 5.12. The van der Waals surface area contributed by atoms with Crippen LogP contribution in [0.15, 0.2) is 18.2 Å². The molecule has 0 bridgehead atoms. The molecule has 1 rings (SSSR count). The molecule has 0 aliphatic carbocycles. The van der Waals surface area contributed by atoms with E-state index in [0.29, 0.717) is 18.8 Å². The first kappa shape index (κ1) is 12.8. The number of methoxy groups -OCH3 is 1. The molecule has 16 heavy (non-hydrogen) atoms. The van der Waals surface area contributed by atoms with Crippen LogP contribution < -0.4 is 9.47 Å². The van der Waals surface area contributed by atoms with Crippen molar-refractivity contribution in [2.75, 3.05) is 13.7 Å². The number of rotatable bonds is 6. The van der Waals surface area contributed by atoms with E-state index in [1.807, 2.05) is 25.1 Å². The third-order valence-corrected chi connectivity index (χ3v) is 2.42. The Labute approximate surface area is 97.0 Å². The van der Waals surface area contributed by atoms with Crippen LogP contribution in [0, 0.1) is 0 Å². The van der Waals surface area contributed by atoms with E-state index in [2.05, 4.69) is 6.92 Å². The molecule has 0 heterocycles. The molecule has 0 spiro atoms. The lowest BCUT2D eigenvalue weighted by molar-refractivity contribution is 0.168. The zero-order valence-corrected chi connectivity index (χ0v) is 10.2. The van der Waals surface area contributed by atoms with Gasteiger partial charge in [0.15, 0.2) is 0 Å². The summed E-state index contributed by atoms with van der Waals surface area (Å²) in [6.07, 6.45) is 1.13. The molecule has 0 fully saturated rings. The molecule has 0 aromatic heterocycles. The standard InChI is InChI=1S/C13H20O3/c1-4-8-16-10-6-7-13(15-3)11(9-10)12(14)5-2/h6-7,9,12,14H,4-5,8H2,1-3H3. The van der Waals surface area contributed by atoms with Crippen molar-refractivity contribution in [2.24, 2.45) is 0 Å². The zero-order valence-electron chi connectivity index (χ0n) is 10.2. The van der Waals surface area contributed by atoms with Crippen molar-refractivity contribution in [2.45, 2.75) is 32.8 Å². The minimum Gasteiger partial charge on any atom is -0.496 e. The minimum absolute atomic E-state index is 0.500. The molecular formula is C13H20O3. The van der Waals surface area contributed by atoms with Crippen LogP contribution in [0.25, 0.3) is 0 Å². The Morgan fingerprint density at radius 1 is 1.31 bits per heavy atom. The van der Waals surface area contributed by atoms with Gasteiger partial charge in [-0.15, -0.1) is 0 Å². The van der Waals surface area contributed by atoms with Crippen molar-refractivity contribution in [3.8, 4) is 11.5 Å². The Bertz CT molecular complexity index is 323. The van der Waals surface area contributed by atoms with Gasteiger partial charge in [-0.3, -0.25) is 0 Å². The van der Waals surface area contributed by atoms with Crippen molar-refractivity contribution < 1.29 is 14.6 Å². The van der Waals surface area contributed by atoms with Crippen molar-refractivity contribution >= 4 is 0 Å². The van der Waals surface area contributed by atoms with E-state index in [4.69, 9.17) is 9.47 Å². The van der Waals surface area contributed by atoms with E-state index in [1.165, 1.54) is 0 Å². The first-order valence-corrected chi connectivity index (χ1v) is 5.71. The van der Waals surface area contributed by atoms with E-state index in [0.717, 1.165) is 17.7 Å². The molecule has 0 radical (unpaired) electrons. The van der Waals surface area contributed by atoms with Gasteiger partial charge in [0.2, 0.25) is 0 Å². The molecule has 1 atom stereocenters. The van der Waals surface area contributed by atoms with Gasteiger partial charge in [-0.05, 0) is 31.0 Å². The lowest BCUT2D eigenvalue weighted by Gasteiger charge is -2.15. The van der Waals surface area contributed by atoms with Crippen LogP contribution in [0.5, 0.6) is 11.5 Å². The summed E-state index contributed by atoms with van der Waals surface area (Å²) in [6.45, 7) is 4.68. The summed E-state index contributed by atoms with van der Waals surface area (Å²) in [7, 11) is 1.60. The second kappa shape index (κ2) is 6.38.